The van der Waals surface area contributed by atoms with Crippen LogP contribution in [0.4, 0.5) is 14.5 Å². The van der Waals surface area contributed by atoms with Gasteiger partial charge in [-0.1, -0.05) is 13.8 Å². The predicted molar refractivity (Wildman–Crippen MR) is 75.8 cm³/mol. The molecule has 0 bridgehead atoms. The number of nitrogens with two attached hydrogens (primary N) is 1. The largest absolute Gasteiger partial charge is 0.396 e. The van der Waals surface area contributed by atoms with Crippen molar-refractivity contribution in [3.05, 3.63) is 29.3 Å². The first-order chi connectivity index (χ1) is 9.77. The Morgan fingerprint density at radius 1 is 1.43 bits per heavy atom. The predicted octanol–water partition coefficient (Wildman–Crippen LogP) is 2.48. The van der Waals surface area contributed by atoms with E-state index in [1.54, 1.807) is 0 Å². The van der Waals surface area contributed by atoms with Crippen LogP contribution in [0.5, 0.6) is 0 Å². The van der Waals surface area contributed by atoms with Gasteiger partial charge < -0.3 is 15.8 Å². The molecule has 0 aliphatic heterocycles. The topological polar surface area (TPSA) is 64.3 Å². The molecule has 0 spiro atoms. The van der Waals surface area contributed by atoms with Crippen molar-refractivity contribution < 1.29 is 18.3 Å². The fourth-order valence-electron chi connectivity index (χ4n) is 2.59. The van der Waals surface area contributed by atoms with Gasteiger partial charge in [0.1, 0.15) is 11.6 Å². The molecule has 116 valence electrons. The molecule has 2 rings (SSSR count). The molecule has 1 aliphatic carbocycles. The maximum absolute atomic E-state index is 13.7. The number of ether oxygens (including phenoxy) is 1. The Morgan fingerprint density at radius 2 is 2.10 bits per heavy atom. The van der Waals surface area contributed by atoms with E-state index in [9.17, 15) is 13.6 Å². The van der Waals surface area contributed by atoms with Crippen molar-refractivity contribution in [3.63, 3.8) is 0 Å². The monoisotopic (exact) mass is 298 g/mol. The SMILES string of the molecule is CCOC1CC(NC(=O)c2cc(N)c(F)cc2F)C1(C)C. The Hall–Kier alpha value is -1.69. The van der Waals surface area contributed by atoms with Crippen LogP contribution in [-0.4, -0.2) is 24.7 Å². The highest BCUT2D eigenvalue weighted by atomic mass is 19.1. The minimum absolute atomic E-state index is 0.0657. The molecule has 0 aromatic heterocycles. The highest BCUT2D eigenvalue weighted by molar-refractivity contribution is 5.95. The normalized spacial score (nSPS) is 23.5. The van der Waals surface area contributed by atoms with Crippen LogP contribution in [0.1, 0.15) is 37.6 Å². The Balaban J connectivity index is 2.08. The van der Waals surface area contributed by atoms with Gasteiger partial charge in [-0.2, -0.15) is 0 Å². The van der Waals surface area contributed by atoms with Gasteiger partial charge in [0, 0.05) is 24.1 Å². The van der Waals surface area contributed by atoms with Crippen molar-refractivity contribution in [3.8, 4) is 0 Å². The molecule has 21 heavy (non-hydrogen) atoms. The summed E-state index contributed by atoms with van der Waals surface area (Å²) < 4.78 is 32.3. The molecule has 3 N–H and O–H groups in total. The number of amides is 1. The van der Waals surface area contributed by atoms with Crippen molar-refractivity contribution in [1.82, 2.24) is 5.32 Å². The van der Waals surface area contributed by atoms with Crippen LogP contribution in [0.25, 0.3) is 0 Å². The summed E-state index contributed by atoms with van der Waals surface area (Å²) in [5.74, 6) is -2.38. The summed E-state index contributed by atoms with van der Waals surface area (Å²) in [7, 11) is 0. The van der Waals surface area contributed by atoms with Gasteiger partial charge in [0.05, 0.1) is 17.4 Å². The number of carbonyl (C=O) groups excluding carboxylic acids is 1. The smallest absolute Gasteiger partial charge is 0.254 e. The number of hydrogen-bond donors (Lipinski definition) is 2. The van der Waals surface area contributed by atoms with Gasteiger partial charge in [-0.05, 0) is 19.4 Å². The Bertz CT molecular complexity index is 561. The van der Waals surface area contributed by atoms with Gasteiger partial charge in [-0.25, -0.2) is 8.78 Å². The van der Waals surface area contributed by atoms with E-state index in [0.29, 0.717) is 19.1 Å². The van der Waals surface area contributed by atoms with Gasteiger partial charge in [0.2, 0.25) is 0 Å². The first-order valence-corrected chi connectivity index (χ1v) is 6.94. The third-order valence-corrected chi connectivity index (χ3v) is 4.18. The second-order valence-corrected chi connectivity index (χ2v) is 5.88. The molecule has 0 heterocycles. The van der Waals surface area contributed by atoms with Gasteiger partial charge in [-0.3, -0.25) is 4.79 Å². The first kappa shape index (κ1) is 15.7. The minimum Gasteiger partial charge on any atom is -0.396 e. The van der Waals surface area contributed by atoms with Crippen LogP contribution in [0.15, 0.2) is 12.1 Å². The molecule has 1 aromatic carbocycles. The molecular weight excluding hydrogens is 278 g/mol. The van der Waals surface area contributed by atoms with E-state index in [0.717, 1.165) is 6.07 Å². The Kier molecular flexibility index (Phi) is 4.18. The molecule has 4 nitrogen and oxygen atoms in total. The number of anilines is 1. The van der Waals surface area contributed by atoms with Crippen molar-refractivity contribution in [1.29, 1.82) is 0 Å². The third kappa shape index (κ3) is 2.85. The summed E-state index contributed by atoms with van der Waals surface area (Å²) in [6.07, 6.45) is 0.737. The van der Waals surface area contributed by atoms with Crippen molar-refractivity contribution in [2.24, 2.45) is 5.41 Å². The summed E-state index contributed by atoms with van der Waals surface area (Å²) in [5.41, 5.74) is 4.66. The second kappa shape index (κ2) is 5.60. The molecule has 1 saturated carbocycles. The molecule has 1 aromatic rings. The van der Waals surface area contributed by atoms with Crippen LogP contribution < -0.4 is 11.1 Å². The molecular formula is C15H20F2N2O2. The number of rotatable bonds is 4. The van der Waals surface area contributed by atoms with Crippen LogP contribution in [0.2, 0.25) is 0 Å². The number of carbonyl (C=O) groups is 1. The summed E-state index contributed by atoms with van der Waals surface area (Å²) in [6, 6.07) is 1.53. The standard InChI is InChI=1S/C15H20F2N2O2/c1-4-21-13-7-12(15(13,2)3)19-14(20)8-5-11(18)10(17)6-9(8)16/h5-6,12-13H,4,7,18H2,1-3H3,(H,19,20). The fraction of sp³-hybridized carbons (Fsp3) is 0.533. The van der Waals surface area contributed by atoms with Crippen molar-refractivity contribution >= 4 is 11.6 Å². The zero-order chi connectivity index (χ0) is 15.8. The second-order valence-electron chi connectivity index (χ2n) is 5.88. The van der Waals surface area contributed by atoms with Crippen LogP contribution >= 0.6 is 0 Å². The lowest BCUT2D eigenvalue weighted by Gasteiger charge is -2.51. The lowest BCUT2D eigenvalue weighted by molar-refractivity contribution is -0.111. The maximum Gasteiger partial charge on any atom is 0.254 e. The van der Waals surface area contributed by atoms with E-state index in [4.69, 9.17) is 10.5 Å². The summed E-state index contributed by atoms with van der Waals surface area (Å²) >= 11 is 0. The number of hydrogen-bond acceptors (Lipinski definition) is 3. The molecule has 0 saturated heterocycles. The van der Waals surface area contributed by atoms with E-state index in [1.165, 1.54) is 0 Å². The third-order valence-electron chi connectivity index (χ3n) is 4.18. The summed E-state index contributed by atoms with van der Waals surface area (Å²) in [5, 5.41) is 2.76. The number of halogens is 2. The van der Waals surface area contributed by atoms with E-state index >= 15 is 0 Å². The molecule has 6 heteroatoms. The van der Waals surface area contributed by atoms with Gasteiger partial charge in [-0.15, -0.1) is 0 Å². The summed E-state index contributed by atoms with van der Waals surface area (Å²) in [6.45, 7) is 6.49. The number of benzene rings is 1. The van der Waals surface area contributed by atoms with E-state index in [1.807, 2.05) is 20.8 Å². The van der Waals surface area contributed by atoms with E-state index in [2.05, 4.69) is 5.32 Å². The first-order valence-electron chi connectivity index (χ1n) is 6.94. The van der Waals surface area contributed by atoms with Gasteiger partial charge >= 0.3 is 0 Å². The Labute approximate surface area is 122 Å². The summed E-state index contributed by atoms with van der Waals surface area (Å²) in [4.78, 5) is 12.1. The zero-order valence-electron chi connectivity index (χ0n) is 12.4. The van der Waals surface area contributed by atoms with Crippen LogP contribution in [0, 0.1) is 17.0 Å². The maximum atomic E-state index is 13.7. The van der Waals surface area contributed by atoms with Crippen molar-refractivity contribution in [2.45, 2.75) is 39.3 Å². The molecule has 0 radical (unpaired) electrons. The van der Waals surface area contributed by atoms with Gasteiger partial charge in [0.25, 0.3) is 5.91 Å². The quantitative estimate of drug-likeness (QED) is 0.839. The van der Waals surface area contributed by atoms with Crippen molar-refractivity contribution in [2.75, 3.05) is 12.3 Å². The van der Waals surface area contributed by atoms with E-state index in [-0.39, 0.29) is 28.8 Å². The minimum atomic E-state index is -0.919. The van der Waals surface area contributed by atoms with Crippen LogP contribution in [-0.2, 0) is 4.74 Å². The number of nitrogen functional groups attached to an aromatic ring is 1. The molecule has 2 atom stereocenters. The average molecular weight is 298 g/mol. The number of nitrogens with one attached hydrogen (secondary N) is 1. The molecule has 1 aliphatic rings. The highest BCUT2D eigenvalue weighted by Gasteiger charge is 2.49. The Morgan fingerprint density at radius 3 is 2.67 bits per heavy atom. The average Bonchev–Trinajstić information content (AvgIpc) is 2.41. The molecule has 1 amide bonds. The highest BCUT2D eigenvalue weighted by Crippen LogP contribution is 2.42. The molecule has 2 unspecified atom stereocenters. The van der Waals surface area contributed by atoms with Gasteiger partial charge in [0.15, 0.2) is 0 Å². The zero-order valence-corrected chi connectivity index (χ0v) is 12.4. The molecule has 1 fully saturated rings. The van der Waals surface area contributed by atoms with Crippen LogP contribution in [0.3, 0.4) is 0 Å². The fourth-order valence-corrected chi connectivity index (χ4v) is 2.59. The van der Waals surface area contributed by atoms with E-state index < -0.39 is 17.5 Å². The lowest BCUT2D eigenvalue weighted by Crippen LogP contribution is -2.62. The lowest BCUT2D eigenvalue weighted by atomic mass is 9.64.